The zero-order chi connectivity index (χ0) is 23.9. The number of H-pyrrole nitrogens is 1. The number of hydrogen-bond acceptors (Lipinski definition) is 4. The molecule has 1 N–H and O–H groups in total. The Bertz CT molecular complexity index is 1430. The minimum atomic E-state index is -4.53. The first kappa shape index (κ1) is 22.5. The monoisotopic (exact) mass is 501 g/mol. The van der Waals surface area contributed by atoms with Gasteiger partial charge in [-0.1, -0.05) is 30.3 Å². The molecule has 0 radical (unpaired) electrons. The van der Waals surface area contributed by atoms with Crippen molar-refractivity contribution in [3.05, 3.63) is 84.6 Å². The third-order valence-corrected chi connectivity index (χ3v) is 8.35. The maximum atomic E-state index is 13.4. The third-order valence-electron chi connectivity index (χ3n) is 5.48. The number of alkyl halides is 3. The number of anilines is 1. The summed E-state index contributed by atoms with van der Waals surface area (Å²) in [6.07, 6.45) is -2.82. The van der Waals surface area contributed by atoms with E-state index in [9.17, 15) is 21.6 Å². The standard InChI is InChI=1S/C24H18F3N3O2S2/c25-24(26,27)18-7-9-19(10-8-18)34(31,32)30-12-13-33-22-11-6-17(14-21(22)30)23-28-15-20(29-23)16-4-2-1-3-5-16/h1-11,14-15H,12-13H2,(H,28,29). The Kier molecular flexibility index (Phi) is 5.65. The number of aromatic amines is 1. The van der Waals surface area contributed by atoms with Crippen LogP contribution in [0.15, 0.2) is 88.8 Å². The van der Waals surface area contributed by atoms with E-state index in [1.54, 1.807) is 12.3 Å². The molecule has 10 heteroatoms. The van der Waals surface area contributed by atoms with E-state index < -0.39 is 21.8 Å². The molecule has 0 saturated heterocycles. The van der Waals surface area contributed by atoms with Crippen molar-refractivity contribution < 1.29 is 21.6 Å². The SMILES string of the molecule is O=S(=O)(c1ccc(C(F)(F)F)cc1)N1CCSc2ccc(-c3ncc(-c4ccccc4)[nH]3)cc21. The molecule has 0 amide bonds. The van der Waals surface area contributed by atoms with Crippen molar-refractivity contribution >= 4 is 27.5 Å². The van der Waals surface area contributed by atoms with Crippen molar-refractivity contribution in [3.8, 4) is 22.6 Å². The number of benzene rings is 3. The van der Waals surface area contributed by atoms with Crippen LogP contribution in [-0.4, -0.2) is 30.7 Å². The van der Waals surface area contributed by atoms with Gasteiger partial charge < -0.3 is 4.98 Å². The number of aromatic nitrogens is 2. The number of hydrogen-bond donors (Lipinski definition) is 1. The fourth-order valence-corrected chi connectivity index (χ4v) is 6.39. The molecule has 5 rings (SSSR count). The lowest BCUT2D eigenvalue weighted by molar-refractivity contribution is -0.137. The van der Waals surface area contributed by atoms with Gasteiger partial charge in [-0.3, -0.25) is 4.31 Å². The lowest BCUT2D eigenvalue weighted by Gasteiger charge is -2.30. The van der Waals surface area contributed by atoms with Crippen LogP contribution in [0.25, 0.3) is 22.6 Å². The zero-order valence-electron chi connectivity index (χ0n) is 17.6. The highest BCUT2D eigenvalue weighted by molar-refractivity contribution is 8.00. The van der Waals surface area contributed by atoms with Crippen molar-refractivity contribution in [2.75, 3.05) is 16.6 Å². The molecule has 0 unspecified atom stereocenters. The molecule has 1 aliphatic rings. The molecule has 0 spiro atoms. The van der Waals surface area contributed by atoms with Gasteiger partial charge in [-0.15, -0.1) is 11.8 Å². The van der Waals surface area contributed by atoms with E-state index in [-0.39, 0.29) is 11.4 Å². The third kappa shape index (κ3) is 4.19. The number of nitrogens with one attached hydrogen (secondary N) is 1. The van der Waals surface area contributed by atoms with Crippen molar-refractivity contribution in [1.29, 1.82) is 0 Å². The van der Waals surface area contributed by atoms with Crippen LogP contribution in [-0.2, 0) is 16.2 Å². The van der Waals surface area contributed by atoms with E-state index in [0.29, 0.717) is 22.8 Å². The van der Waals surface area contributed by atoms with E-state index in [0.717, 1.165) is 40.4 Å². The fraction of sp³-hybridized carbons (Fsp3) is 0.125. The maximum Gasteiger partial charge on any atom is 0.416 e. The molecule has 2 heterocycles. The van der Waals surface area contributed by atoms with Gasteiger partial charge in [0.1, 0.15) is 5.82 Å². The van der Waals surface area contributed by atoms with E-state index in [1.807, 2.05) is 42.5 Å². The molecule has 0 fully saturated rings. The number of rotatable bonds is 4. The largest absolute Gasteiger partial charge is 0.416 e. The van der Waals surface area contributed by atoms with Gasteiger partial charge in [0.25, 0.3) is 10.0 Å². The summed E-state index contributed by atoms with van der Waals surface area (Å²) in [5.41, 5.74) is 2.09. The van der Waals surface area contributed by atoms with Crippen molar-refractivity contribution in [1.82, 2.24) is 9.97 Å². The molecule has 0 saturated carbocycles. The van der Waals surface area contributed by atoms with Gasteiger partial charge in [0.05, 0.1) is 28.0 Å². The number of imidazole rings is 1. The summed E-state index contributed by atoms with van der Waals surface area (Å²) in [5, 5.41) is 0. The first-order chi connectivity index (χ1) is 16.2. The molecular formula is C24H18F3N3O2S2. The van der Waals surface area contributed by atoms with Crippen LogP contribution < -0.4 is 4.31 Å². The minimum absolute atomic E-state index is 0.187. The van der Waals surface area contributed by atoms with Crippen LogP contribution >= 0.6 is 11.8 Å². The van der Waals surface area contributed by atoms with Crippen LogP contribution in [0.4, 0.5) is 18.9 Å². The molecule has 3 aromatic carbocycles. The van der Waals surface area contributed by atoms with Crippen molar-refractivity contribution in [2.24, 2.45) is 0 Å². The van der Waals surface area contributed by atoms with Crippen LogP contribution in [0.5, 0.6) is 0 Å². The minimum Gasteiger partial charge on any atom is -0.338 e. The Labute approximate surface area is 198 Å². The lowest BCUT2D eigenvalue weighted by atomic mass is 10.1. The van der Waals surface area contributed by atoms with Gasteiger partial charge in [-0.05, 0) is 48.0 Å². The quantitative estimate of drug-likeness (QED) is 0.369. The second-order valence-corrected chi connectivity index (χ2v) is 10.6. The van der Waals surface area contributed by atoms with Gasteiger partial charge in [0, 0.05) is 22.8 Å². The smallest absolute Gasteiger partial charge is 0.338 e. The molecule has 5 nitrogen and oxygen atoms in total. The van der Waals surface area contributed by atoms with Gasteiger partial charge in [0.15, 0.2) is 0 Å². The number of thioether (sulfide) groups is 1. The van der Waals surface area contributed by atoms with Gasteiger partial charge in [0.2, 0.25) is 0 Å². The predicted octanol–water partition coefficient (Wildman–Crippen LogP) is 6.06. The summed E-state index contributed by atoms with van der Waals surface area (Å²) >= 11 is 1.53. The Morgan fingerprint density at radius 1 is 0.941 bits per heavy atom. The zero-order valence-corrected chi connectivity index (χ0v) is 19.2. The summed E-state index contributed by atoms with van der Waals surface area (Å²) in [7, 11) is -4.05. The lowest BCUT2D eigenvalue weighted by Crippen LogP contribution is -2.35. The van der Waals surface area contributed by atoms with E-state index >= 15 is 0 Å². The number of sulfonamides is 1. The van der Waals surface area contributed by atoms with E-state index in [2.05, 4.69) is 9.97 Å². The summed E-state index contributed by atoms with van der Waals surface area (Å²) in [5.74, 6) is 1.12. The molecular weight excluding hydrogens is 483 g/mol. The van der Waals surface area contributed by atoms with Crippen molar-refractivity contribution in [2.45, 2.75) is 16.0 Å². The first-order valence-corrected chi connectivity index (χ1v) is 12.7. The molecule has 0 bridgehead atoms. The summed E-state index contributed by atoms with van der Waals surface area (Å²) in [6, 6.07) is 18.7. The summed E-state index contributed by atoms with van der Waals surface area (Å²) in [4.78, 5) is 8.31. The molecule has 174 valence electrons. The predicted molar refractivity (Wildman–Crippen MR) is 126 cm³/mol. The Hall–Kier alpha value is -3.24. The summed E-state index contributed by atoms with van der Waals surface area (Å²) < 4.78 is 66.7. The van der Waals surface area contributed by atoms with Gasteiger partial charge in [-0.2, -0.15) is 13.2 Å². The molecule has 0 aliphatic carbocycles. The Morgan fingerprint density at radius 3 is 2.38 bits per heavy atom. The van der Waals surface area contributed by atoms with Crippen LogP contribution in [0.2, 0.25) is 0 Å². The highest BCUT2D eigenvalue weighted by Crippen LogP contribution is 2.40. The van der Waals surface area contributed by atoms with Crippen molar-refractivity contribution in [3.63, 3.8) is 0 Å². The van der Waals surface area contributed by atoms with Crippen LogP contribution in [0, 0.1) is 0 Å². The molecule has 1 aliphatic heterocycles. The molecule has 34 heavy (non-hydrogen) atoms. The topological polar surface area (TPSA) is 66.1 Å². The van der Waals surface area contributed by atoms with E-state index in [4.69, 9.17) is 0 Å². The Balaban J connectivity index is 1.50. The number of halogens is 3. The number of nitrogens with zero attached hydrogens (tertiary/aromatic N) is 2. The number of fused-ring (bicyclic) bond motifs is 1. The van der Waals surface area contributed by atoms with Crippen LogP contribution in [0.1, 0.15) is 5.56 Å². The average Bonchev–Trinajstić information content (AvgIpc) is 3.34. The van der Waals surface area contributed by atoms with Crippen LogP contribution in [0.3, 0.4) is 0 Å². The summed E-state index contributed by atoms with van der Waals surface area (Å²) in [6.45, 7) is 0.206. The molecule has 0 atom stereocenters. The normalized spacial score (nSPS) is 14.1. The van der Waals surface area contributed by atoms with Gasteiger partial charge in [-0.25, -0.2) is 13.4 Å². The average molecular weight is 502 g/mol. The Morgan fingerprint density at radius 2 is 1.68 bits per heavy atom. The second-order valence-electron chi connectivity index (χ2n) is 7.64. The van der Waals surface area contributed by atoms with Gasteiger partial charge >= 0.3 is 6.18 Å². The van der Waals surface area contributed by atoms with E-state index in [1.165, 1.54) is 16.1 Å². The molecule has 4 aromatic rings. The maximum absolute atomic E-state index is 13.4. The fourth-order valence-electron chi connectivity index (χ4n) is 3.77. The second kappa shape index (κ2) is 8.52. The first-order valence-electron chi connectivity index (χ1n) is 10.3. The molecule has 1 aromatic heterocycles. The highest BCUT2D eigenvalue weighted by Gasteiger charge is 2.33. The highest BCUT2D eigenvalue weighted by atomic mass is 32.2.